The third-order valence-electron chi connectivity index (χ3n) is 4.49. The van der Waals surface area contributed by atoms with E-state index >= 15 is 0 Å². The fourth-order valence-electron chi connectivity index (χ4n) is 2.92. The number of carbonyl (C=O) groups excluding carboxylic acids is 1. The van der Waals surface area contributed by atoms with Gasteiger partial charge in [0.15, 0.2) is 0 Å². The zero-order valence-electron chi connectivity index (χ0n) is 15.2. The van der Waals surface area contributed by atoms with Gasteiger partial charge in [-0.15, -0.1) is 0 Å². The molecule has 150 valence electrons. The van der Waals surface area contributed by atoms with Gasteiger partial charge >= 0.3 is 0 Å². The number of carbonyl (C=O) groups is 1. The number of benzene rings is 2. The van der Waals surface area contributed by atoms with Crippen LogP contribution >= 0.6 is 0 Å². The molecule has 1 fully saturated rings. The molecular weight excluding hydrogens is 390 g/mol. The molecule has 0 saturated carbocycles. The number of nitrogens with one attached hydrogen (secondary N) is 1. The number of hydrogen-bond donors (Lipinski definition) is 1. The van der Waals surface area contributed by atoms with Gasteiger partial charge < -0.3 is 10.1 Å². The van der Waals surface area contributed by atoms with Crippen molar-refractivity contribution in [1.29, 1.82) is 0 Å². The standard InChI is InChI=1S/C19H20F2N2O4S/c1-23(12-15-3-2-10-27-15)28(25,26)16-7-4-13(5-8-16)19(24)22-18-9-6-14(20)11-17(18)21/h4-9,11,15H,2-3,10,12H2,1H3,(H,22,24)/t15-/m1/s1. The van der Waals surface area contributed by atoms with Crippen LogP contribution in [0.15, 0.2) is 47.4 Å². The Morgan fingerprint density at radius 2 is 1.93 bits per heavy atom. The first kappa shape index (κ1) is 20.4. The maximum Gasteiger partial charge on any atom is 0.255 e. The number of nitrogens with zero attached hydrogens (tertiary/aromatic N) is 1. The minimum atomic E-state index is -3.72. The molecule has 28 heavy (non-hydrogen) atoms. The fraction of sp³-hybridized carbons (Fsp3) is 0.316. The molecule has 0 radical (unpaired) electrons. The summed E-state index contributed by atoms with van der Waals surface area (Å²) in [6.07, 6.45) is 1.62. The zero-order valence-corrected chi connectivity index (χ0v) is 16.0. The summed E-state index contributed by atoms with van der Waals surface area (Å²) in [5.41, 5.74) is -0.0242. The third kappa shape index (κ3) is 4.54. The van der Waals surface area contributed by atoms with E-state index < -0.39 is 27.6 Å². The molecular formula is C19H20F2N2O4S. The lowest BCUT2D eigenvalue weighted by molar-refractivity contribution is 0.0979. The number of anilines is 1. The minimum Gasteiger partial charge on any atom is -0.377 e. The predicted octanol–water partition coefficient (Wildman–Crippen LogP) is 3.02. The number of likely N-dealkylation sites (N-methyl/N-ethyl adjacent to an activating group) is 1. The first-order valence-corrected chi connectivity index (χ1v) is 10.2. The van der Waals surface area contributed by atoms with Crippen LogP contribution < -0.4 is 5.32 Å². The summed E-state index contributed by atoms with van der Waals surface area (Å²) in [5.74, 6) is -2.29. The quantitative estimate of drug-likeness (QED) is 0.794. The molecule has 1 amide bonds. The molecule has 1 heterocycles. The largest absolute Gasteiger partial charge is 0.377 e. The molecule has 1 saturated heterocycles. The molecule has 3 rings (SSSR count). The van der Waals surface area contributed by atoms with Gasteiger partial charge in [-0.25, -0.2) is 17.2 Å². The number of sulfonamides is 1. The van der Waals surface area contributed by atoms with Gasteiger partial charge in [-0.2, -0.15) is 4.31 Å². The summed E-state index contributed by atoms with van der Waals surface area (Å²) in [7, 11) is -2.24. The van der Waals surface area contributed by atoms with Crippen molar-refractivity contribution in [1.82, 2.24) is 4.31 Å². The summed E-state index contributed by atoms with van der Waals surface area (Å²) in [5, 5.41) is 2.33. The number of ether oxygens (including phenoxy) is 1. The summed E-state index contributed by atoms with van der Waals surface area (Å²) in [6.45, 7) is 0.894. The van der Waals surface area contributed by atoms with E-state index in [-0.39, 0.29) is 28.8 Å². The summed E-state index contributed by atoms with van der Waals surface area (Å²) in [4.78, 5) is 12.3. The Labute approximate surface area is 162 Å². The van der Waals surface area contributed by atoms with Gasteiger partial charge in [0.05, 0.1) is 16.7 Å². The number of halogens is 2. The second-order valence-corrected chi connectivity index (χ2v) is 8.57. The molecule has 0 spiro atoms. The van der Waals surface area contributed by atoms with Gasteiger partial charge in [0, 0.05) is 31.8 Å². The lowest BCUT2D eigenvalue weighted by atomic mass is 10.2. The monoisotopic (exact) mass is 410 g/mol. The van der Waals surface area contributed by atoms with Crippen LogP contribution in [0.4, 0.5) is 14.5 Å². The molecule has 2 aromatic rings. The summed E-state index contributed by atoms with van der Waals surface area (Å²) >= 11 is 0. The van der Waals surface area contributed by atoms with Crippen LogP contribution in [-0.4, -0.2) is 44.9 Å². The molecule has 0 unspecified atom stereocenters. The van der Waals surface area contributed by atoms with E-state index in [0.29, 0.717) is 12.7 Å². The van der Waals surface area contributed by atoms with Gasteiger partial charge in [-0.1, -0.05) is 0 Å². The first-order valence-electron chi connectivity index (χ1n) is 8.72. The zero-order chi connectivity index (χ0) is 20.3. The normalized spacial score (nSPS) is 17.1. The molecule has 9 heteroatoms. The first-order chi connectivity index (χ1) is 13.3. The third-order valence-corrected chi connectivity index (χ3v) is 6.33. The summed E-state index contributed by atoms with van der Waals surface area (Å²) in [6, 6.07) is 8.11. The molecule has 0 bridgehead atoms. The average molecular weight is 410 g/mol. The van der Waals surface area contributed by atoms with E-state index in [0.717, 1.165) is 25.0 Å². The van der Waals surface area contributed by atoms with Crippen LogP contribution in [0.1, 0.15) is 23.2 Å². The highest BCUT2D eigenvalue weighted by Gasteiger charge is 2.26. The molecule has 0 aromatic heterocycles. The summed E-state index contributed by atoms with van der Waals surface area (Å²) < 4.78 is 58.6. The Bertz CT molecular complexity index is 958. The van der Waals surface area contributed by atoms with Crippen molar-refractivity contribution in [3.63, 3.8) is 0 Å². The maximum absolute atomic E-state index is 13.7. The van der Waals surface area contributed by atoms with Gasteiger partial charge in [0.25, 0.3) is 5.91 Å². The van der Waals surface area contributed by atoms with E-state index in [2.05, 4.69) is 5.32 Å². The van der Waals surface area contributed by atoms with Gasteiger partial charge in [-0.05, 0) is 49.2 Å². The highest BCUT2D eigenvalue weighted by atomic mass is 32.2. The van der Waals surface area contributed by atoms with Crippen LogP contribution in [0.3, 0.4) is 0 Å². The van der Waals surface area contributed by atoms with Crippen molar-refractivity contribution in [2.75, 3.05) is 25.5 Å². The fourth-order valence-corrected chi connectivity index (χ4v) is 4.12. The second kappa shape index (κ2) is 8.34. The number of rotatable bonds is 6. The van der Waals surface area contributed by atoms with Crippen LogP contribution in [0.2, 0.25) is 0 Å². The van der Waals surface area contributed by atoms with Crippen molar-refractivity contribution >= 4 is 21.6 Å². The topological polar surface area (TPSA) is 75.7 Å². The molecule has 2 aromatic carbocycles. The van der Waals surface area contributed by atoms with Gasteiger partial charge in [-0.3, -0.25) is 4.79 Å². The maximum atomic E-state index is 13.7. The predicted molar refractivity (Wildman–Crippen MR) is 99.5 cm³/mol. The Morgan fingerprint density at radius 3 is 2.54 bits per heavy atom. The highest BCUT2D eigenvalue weighted by Crippen LogP contribution is 2.20. The van der Waals surface area contributed by atoms with E-state index in [9.17, 15) is 22.0 Å². The molecule has 6 nitrogen and oxygen atoms in total. The smallest absolute Gasteiger partial charge is 0.255 e. The average Bonchev–Trinajstić information content (AvgIpc) is 3.17. The molecule has 1 aliphatic rings. The van der Waals surface area contributed by atoms with Crippen LogP contribution in [0.5, 0.6) is 0 Å². The highest BCUT2D eigenvalue weighted by molar-refractivity contribution is 7.89. The Hall–Kier alpha value is -2.36. The minimum absolute atomic E-state index is 0.0394. The van der Waals surface area contributed by atoms with Crippen LogP contribution in [-0.2, 0) is 14.8 Å². The lowest BCUT2D eigenvalue weighted by Gasteiger charge is -2.20. The second-order valence-electron chi connectivity index (χ2n) is 6.52. The molecule has 1 atom stereocenters. The molecule has 1 N–H and O–H groups in total. The van der Waals surface area contributed by atoms with Gasteiger partial charge in [0.1, 0.15) is 11.6 Å². The Kier molecular flexibility index (Phi) is 6.07. The van der Waals surface area contributed by atoms with Crippen molar-refractivity contribution in [3.05, 3.63) is 59.7 Å². The number of hydrogen-bond acceptors (Lipinski definition) is 4. The van der Waals surface area contributed by atoms with E-state index in [1.54, 1.807) is 0 Å². The van der Waals surface area contributed by atoms with E-state index in [4.69, 9.17) is 4.74 Å². The van der Waals surface area contributed by atoms with Crippen molar-refractivity contribution in [3.8, 4) is 0 Å². The molecule has 0 aliphatic carbocycles. The van der Waals surface area contributed by atoms with Crippen molar-refractivity contribution < 1.29 is 26.7 Å². The lowest BCUT2D eigenvalue weighted by Crippen LogP contribution is -2.34. The molecule has 1 aliphatic heterocycles. The number of amides is 1. The SMILES string of the molecule is CN(C[C@H]1CCCO1)S(=O)(=O)c1ccc(C(=O)Nc2ccc(F)cc2F)cc1. The van der Waals surface area contributed by atoms with Gasteiger partial charge in [0.2, 0.25) is 10.0 Å². The van der Waals surface area contributed by atoms with E-state index in [1.807, 2.05) is 0 Å². The van der Waals surface area contributed by atoms with Crippen LogP contribution in [0.25, 0.3) is 0 Å². The Morgan fingerprint density at radius 1 is 1.21 bits per heavy atom. The van der Waals surface area contributed by atoms with Crippen molar-refractivity contribution in [2.45, 2.75) is 23.8 Å². The van der Waals surface area contributed by atoms with Crippen molar-refractivity contribution in [2.24, 2.45) is 0 Å². The van der Waals surface area contributed by atoms with E-state index in [1.165, 1.54) is 35.6 Å². The van der Waals surface area contributed by atoms with Crippen LogP contribution in [0, 0.1) is 11.6 Å². The Balaban J connectivity index is 1.70.